The summed E-state index contributed by atoms with van der Waals surface area (Å²) in [5.74, 6) is 0.787. The van der Waals surface area contributed by atoms with Crippen LogP contribution >= 0.6 is 0 Å². The molecule has 1 aromatic rings. The van der Waals surface area contributed by atoms with Crippen LogP contribution in [0.5, 0.6) is 0 Å². The van der Waals surface area contributed by atoms with E-state index < -0.39 is 0 Å². The monoisotopic (exact) mass is 207 g/mol. The number of hydrogen-bond donors (Lipinski definition) is 1. The third-order valence-electron chi connectivity index (χ3n) is 2.03. The number of nitrogens with zero attached hydrogens (tertiary/aromatic N) is 2. The van der Waals surface area contributed by atoms with Crippen molar-refractivity contribution < 1.29 is 4.74 Å². The van der Waals surface area contributed by atoms with E-state index in [2.05, 4.69) is 11.6 Å². The van der Waals surface area contributed by atoms with Crippen molar-refractivity contribution >= 4 is 11.5 Å². The number of pyridine rings is 1. The summed E-state index contributed by atoms with van der Waals surface area (Å²) in [6.45, 7) is 5.82. The van der Waals surface area contributed by atoms with Crippen LogP contribution in [0, 0.1) is 0 Å². The van der Waals surface area contributed by atoms with Crippen molar-refractivity contribution in [3.05, 3.63) is 31.0 Å². The van der Waals surface area contributed by atoms with E-state index in [9.17, 15) is 0 Å². The van der Waals surface area contributed by atoms with Gasteiger partial charge in [-0.3, -0.25) is 0 Å². The molecule has 0 radical (unpaired) electrons. The molecule has 0 spiro atoms. The van der Waals surface area contributed by atoms with Gasteiger partial charge in [0.15, 0.2) is 5.82 Å². The molecule has 4 heteroatoms. The van der Waals surface area contributed by atoms with Gasteiger partial charge >= 0.3 is 0 Å². The quantitative estimate of drug-likeness (QED) is 0.714. The maximum absolute atomic E-state index is 5.84. The van der Waals surface area contributed by atoms with E-state index >= 15 is 0 Å². The second-order valence-corrected chi connectivity index (χ2v) is 3.14. The lowest BCUT2D eigenvalue weighted by atomic mass is 10.3. The topological polar surface area (TPSA) is 51.4 Å². The summed E-state index contributed by atoms with van der Waals surface area (Å²) < 4.78 is 5.04. The van der Waals surface area contributed by atoms with Gasteiger partial charge in [0, 0.05) is 26.4 Å². The minimum absolute atomic E-state index is 0.643. The van der Waals surface area contributed by atoms with Crippen LogP contribution in [0.2, 0.25) is 0 Å². The highest BCUT2D eigenvalue weighted by Crippen LogP contribution is 2.18. The fourth-order valence-corrected chi connectivity index (χ4v) is 1.31. The summed E-state index contributed by atoms with van der Waals surface area (Å²) in [4.78, 5) is 6.28. The molecule has 0 aliphatic carbocycles. The van der Waals surface area contributed by atoms with Crippen LogP contribution in [-0.4, -0.2) is 31.8 Å². The predicted molar refractivity (Wildman–Crippen MR) is 62.9 cm³/mol. The summed E-state index contributed by atoms with van der Waals surface area (Å²) in [6.07, 6.45) is 3.55. The Labute approximate surface area is 90.4 Å². The third kappa shape index (κ3) is 3.25. The molecule has 1 aromatic heterocycles. The number of rotatable bonds is 6. The molecule has 82 valence electrons. The molecule has 15 heavy (non-hydrogen) atoms. The molecule has 2 N–H and O–H groups in total. The summed E-state index contributed by atoms with van der Waals surface area (Å²) in [5, 5.41) is 0. The molecular weight excluding hydrogens is 190 g/mol. The zero-order chi connectivity index (χ0) is 11.1. The van der Waals surface area contributed by atoms with Gasteiger partial charge < -0.3 is 15.4 Å². The fraction of sp³-hybridized carbons (Fsp3) is 0.364. The Balaban J connectivity index is 2.78. The Hall–Kier alpha value is -1.55. The van der Waals surface area contributed by atoms with Crippen LogP contribution in [0.15, 0.2) is 31.0 Å². The second kappa shape index (κ2) is 6.03. The normalized spacial score (nSPS) is 9.93. The summed E-state index contributed by atoms with van der Waals surface area (Å²) in [7, 11) is 1.67. The standard InChI is InChI=1S/C11H17N3O/c1-3-7-14(8-9-15-2)11-10(12)5-4-6-13-11/h3-6H,1,7-9,12H2,2H3. The number of aromatic nitrogens is 1. The molecule has 1 heterocycles. The van der Waals surface area contributed by atoms with Crippen molar-refractivity contribution in [1.29, 1.82) is 0 Å². The van der Waals surface area contributed by atoms with Gasteiger partial charge in [0.1, 0.15) is 0 Å². The number of hydrogen-bond acceptors (Lipinski definition) is 4. The van der Waals surface area contributed by atoms with Crippen LogP contribution in [0.1, 0.15) is 0 Å². The summed E-state index contributed by atoms with van der Waals surface area (Å²) >= 11 is 0. The molecule has 4 nitrogen and oxygen atoms in total. The smallest absolute Gasteiger partial charge is 0.152 e. The van der Waals surface area contributed by atoms with Crippen LogP contribution in [-0.2, 0) is 4.74 Å². The number of anilines is 2. The van der Waals surface area contributed by atoms with Crippen molar-refractivity contribution in [3.8, 4) is 0 Å². The predicted octanol–water partition coefficient (Wildman–Crippen LogP) is 1.30. The van der Waals surface area contributed by atoms with Crippen molar-refractivity contribution in [3.63, 3.8) is 0 Å². The minimum Gasteiger partial charge on any atom is -0.396 e. The van der Waals surface area contributed by atoms with Crippen molar-refractivity contribution in [2.45, 2.75) is 0 Å². The van der Waals surface area contributed by atoms with E-state index in [0.29, 0.717) is 18.8 Å². The Morgan fingerprint density at radius 3 is 3.07 bits per heavy atom. The van der Waals surface area contributed by atoms with Crippen LogP contribution in [0.4, 0.5) is 11.5 Å². The second-order valence-electron chi connectivity index (χ2n) is 3.14. The fourth-order valence-electron chi connectivity index (χ4n) is 1.31. The maximum Gasteiger partial charge on any atom is 0.152 e. The minimum atomic E-state index is 0.643. The Morgan fingerprint density at radius 1 is 1.67 bits per heavy atom. The Bertz CT molecular complexity index is 314. The van der Waals surface area contributed by atoms with Crippen LogP contribution in [0.3, 0.4) is 0 Å². The van der Waals surface area contributed by atoms with E-state index in [1.165, 1.54) is 0 Å². The average molecular weight is 207 g/mol. The first kappa shape index (κ1) is 11.5. The van der Waals surface area contributed by atoms with Gasteiger partial charge in [-0.25, -0.2) is 4.98 Å². The summed E-state index contributed by atoms with van der Waals surface area (Å²) in [5.41, 5.74) is 6.52. The molecule has 0 aromatic carbocycles. The van der Waals surface area contributed by atoms with E-state index in [-0.39, 0.29) is 0 Å². The van der Waals surface area contributed by atoms with Gasteiger partial charge in [0.2, 0.25) is 0 Å². The highest BCUT2D eigenvalue weighted by Gasteiger charge is 2.08. The van der Waals surface area contributed by atoms with Gasteiger partial charge in [-0.05, 0) is 12.1 Å². The highest BCUT2D eigenvalue weighted by atomic mass is 16.5. The van der Waals surface area contributed by atoms with Crippen molar-refractivity contribution in [1.82, 2.24) is 4.98 Å². The number of nitrogens with two attached hydrogens (primary N) is 1. The van der Waals surface area contributed by atoms with Crippen molar-refractivity contribution in [2.24, 2.45) is 0 Å². The third-order valence-corrected chi connectivity index (χ3v) is 2.03. The summed E-state index contributed by atoms with van der Waals surface area (Å²) in [6, 6.07) is 3.66. The number of ether oxygens (including phenoxy) is 1. The zero-order valence-electron chi connectivity index (χ0n) is 9.02. The largest absolute Gasteiger partial charge is 0.396 e. The lowest BCUT2D eigenvalue weighted by molar-refractivity contribution is 0.205. The molecule has 0 fully saturated rings. The molecule has 0 aliphatic heterocycles. The Kier molecular flexibility index (Phi) is 4.63. The number of nitrogen functional groups attached to an aromatic ring is 1. The lowest BCUT2D eigenvalue weighted by Crippen LogP contribution is -2.28. The average Bonchev–Trinajstić information content (AvgIpc) is 2.25. The molecule has 1 rings (SSSR count). The van der Waals surface area contributed by atoms with Crippen molar-refractivity contribution in [2.75, 3.05) is 37.4 Å². The van der Waals surface area contributed by atoms with E-state index in [1.807, 2.05) is 23.1 Å². The first-order chi connectivity index (χ1) is 7.29. The van der Waals surface area contributed by atoms with Gasteiger partial charge in [0.05, 0.1) is 12.3 Å². The van der Waals surface area contributed by atoms with Crippen LogP contribution < -0.4 is 10.6 Å². The molecule has 0 amide bonds. The molecule has 0 saturated heterocycles. The van der Waals surface area contributed by atoms with Gasteiger partial charge in [0.25, 0.3) is 0 Å². The lowest BCUT2D eigenvalue weighted by Gasteiger charge is -2.22. The van der Waals surface area contributed by atoms with E-state index in [1.54, 1.807) is 13.3 Å². The van der Waals surface area contributed by atoms with Gasteiger partial charge in [-0.1, -0.05) is 6.08 Å². The SMILES string of the molecule is C=CCN(CCOC)c1ncccc1N. The molecule has 0 saturated carbocycles. The number of methoxy groups -OCH3 is 1. The maximum atomic E-state index is 5.84. The van der Waals surface area contributed by atoms with Gasteiger partial charge in [-0.2, -0.15) is 0 Å². The van der Waals surface area contributed by atoms with E-state index in [0.717, 1.165) is 12.4 Å². The highest BCUT2D eigenvalue weighted by molar-refractivity contribution is 5.62. The first-order valence-electron chi connectivity index (χ1n) is 4.85. The van der Waals surface area contributed by atoms with Crippen LogP contribution in [0.25, 0.3) is 0 Å². The first-order valence-corrected chi connectivity index (χ1v) is 4.85. The van der Waals surface area contributed by atoms with E-state index in [4.69, 9.17) is 10.5 Å². The molecule has 0 atom stereocenters. The van der Waals surface area contributed by atoms with Gasteiger partial charge in [-0.15, -0.1) is 6.58 Å². The zero-order valence-corrected chi connectivity index (χ0v) is 9.02. The molecular formula is C11H17N3O. The molecule has 0 aliphatic rings. The Morgan fingerprint density at radius 2 is 2.47 bits per heavy atom. The molecule has 0 unspecified atom stereocenters. The molecule has 0 bridgehead atoms.